The third kappa shape index (κ3) is 3.64. The molecule has 0 aliphatic heterocycles. The first-order valence-corrected chi connectivity index (χ1v) is 7.82. The van der Waals surface area contributed by atoms with Gasteiger partial charge in [0.15, 0.2) is 0 Å². The first-order chi connectivity index (χ1) is 9.24. The minimum absolute atomic E-state index is 0.284. The van der Waals surface area contributed by atoms with Crippen LogP contribution in [0.15, 0.2) is 17.0 Å². The summed E-state index contributed by atoms with van der Waals surface area (Å²) in [7, 11) is 2.02. The molecular formula is C14H22N4S. The van der Waals surface area contributed by atoms with Crippen LogP contribution >= 0.6 is 11.3 Å². The van der Waals surface area contributed by atoms with Gasteiger partial charge in [-0.25, -0.2) is 4.98 Å². The summed E-state index contributed by atoms with van der Waals surface area (Å²) in [6.45, 7) is 5.34. The van der Waals surface area contributed by atoms with Gasteiger partial charge in [0.25, 0.3) is 0 Å². The first kappa shape index (κ1) is 14.2. The molecule has 1 unspecified atom stereocenters. The molecule has 2 aromatic rings. The zero-order valence-corrected chi connectivity index (χ0v) is 12.7. The van der Waals surface area contributed by atoms with Crippen molar-refractivity contribution in [2.45, 2.75) is 39.2 Å². The van der Waals surface area contributed by atoms with E-state index in [1.54, 1.807) is 11.3 Å². The maximum atomic E-state index is 4.51. The minimum atomic E-state index is 0.284. The summed E-state index contributed by atoms with van der Waals surface area (Å²) in [5.74, 6) is 0. The number of aromatic nitrogens is 3. The van der Waals surface area contributed by atoms with Crippen molar-refractivity contribution >= 4 is 11.3 Å². The second-order valence-electron chi connectivity index (χ2n) is 4.73. The van der Waals surface area contributed by atoms with Crippen molar-refractivity contribution in [3.05, 3.63) is 34.0 Å². The van der Waals surface area contributed by atoms with E-state index in [1.807, 2.05) is 17.2 Å². The number of nitrogens with one attached hydrogen (secondary N) is 1. The van der Waals surface area contributed by atoms with Crippen LogP contribution in [0.3, 0.4) is 0 Å². The Morgan fingerprint density at radius 1 is 1.42 bits per heavy atom. The Balaban J connectivity index is 2.12. The molecule has 0 fully saturated rings. The van der Waals surface area contributed by atoms with Gasteiger partial charge in [-0.3, -0.25) is 4.68 Å². The zero-order chi connectivity index (χ0) is 13.7. The maximum Gasteiger partial charge on any atom is 0.0795 e. The van der Waals surface area contributed by atoms with Crippen LogP contribution in [0.1, 0.15) is 43.4 Å². The van der Waals surface area contributed by atoms with Gasteiger partial charge in [-0.15, -0.1) is 11.3 Å². The van der Waals surface area contributed by atoms with E-state index in [1.165, 1.54) is 5.69 Å². The van der Waals surface area contributed by atoms with Crippen LogP contribution < -0.4 is 5.32 Å². The minimum Gasteiger partial charge on any atom is -0.308 e. The summed E-state index contributed by atoms with van der Waals surface area (Å²) in [5.41, 5.74) is 5.46. The molecule has 0 amide bonds. The van der Waals surface area contributed by atoms with Crippen molar-refractivity contribution in [3.63, 3.8) is 0 Å². The van der Waals surface area contributed by atoms with Gasteiger partial charge in [0.2, 0.25) is 0 Å². The van der Waals surface area contributed by atoms with Gasteiger partial charge in [-0.05, 0) is 25.5 Å². The van der Waals surface area contributed by atoms with Crippen LogP contribution in [0.25, 0.3) is 0 Å². The molecule has 0 saturated carbocycles. The summed E-state index contributed by atoms with van der Waals surface area (Å²) in [5, 5.41) is 10.2. The lowest BCUT2D eigenvalue weighted by Gasteiger charge is -2.16. The van der Waals surface area contributed by atoms with Crippen LogP contribution in [0.2, 0.25) is 0 Å². The molecule has 1 atom stereocenters. The summed E-state index contributed by atoms with van der Waals surface area (Å²) in [4.78, 5) is 4.45. The van der Waals surface area contributed by atoms with Gasteiger partial charge in [0, 0.05) is 24.5 Å². The molecule has 0 saturated heterocycles. The Labute approximate surface area is 118 Å². The van der Waals surface area contributed by atoms with Gasteiger partial charge in [0.05, 0.1) is 22.9 Å². The molecule has 2 aromatic heterocycles. The Bertz CT molecular complexity index is 490. The maximum absolute atomic E-state index is 4.51. The Kier molecular flexibility index (Phi) is 5.10. The van der Waals surface area contributed by atoms with Gasteiger partial charge >= 0.3 is 0 Å². The molecule has 2 heterocycles. The summed E-state index contributed by atoms with van der Waals surface area (Å²) < 4.78 is 1.99. The normalized spacial score (nSPS) is 12.8. The third-order valence-electron chi connectivity index (χ3n) is 3.25. The molecule has 0 aromatic carbocycles. The predicted octanol–water partition coefficient (Wildman–Crippen LogP) is 2.72. The molecule has 4 nitrogen and oxygen atoms in total. The SMILES string of the molecule is CCCNC(Cc1cc(CC)nn1C)c1cscn1. The number of aryl methyl sites for hydroxylation is 2. The second-order valence-corrected chi connectivity index (χ2v) is 5.45. The Hall–Kier alpha value is -1.20. The number of hydrogen-bond acceptors (Lipinski definition) is 4. The molecule has 1 N–H and O–H groups in total. The van der Waals surface area contributed by atoms with E-state index in [0.717, 1.165) is 37.2 Å². The molecule has 5 heteroatoms. The molecule has 2 rings (SSSR count). The highest BCUT2D eigenvalue weighted by atomic mass is 32.1. The van der Waals surface area contributed by atoms with Gasteiger partial charge in [-0.2, -0.15) is 5.10 Å². The fraction of sp³-hybridized carbons (Fsp3) is 0.571. The van der Waals surface area contributed by atoms with Crippen LogP contribution in [0.5, 0.6) is 0 Å². The molecule has 0 bridgehead atoms. The fourth-order valence-corrected chi connectivity index (χ4v) is 2.75. The van der Waals surface area contributed by atoms with Gasteiger partial charge < -0.3 is 5.32 Å². The highest BCUT2D eigenvalue weighted by molar-refractivity contribution is 7.07. The van der Waals surface area contributed by atoms with Gasteiger partial charge in [0.1, 0.15) is 0 Å². The zero-order valence-electron chi connectivity index (χ0n) is 11.9. The van der Waals surface area contributed by atoms with E-state index in [2.05, 4.69) is 40.7 Å². The molecule has 0 aliphatic rings. The molecule has 104 valence electrons. The van der Waals surface area contributed by atoms with E-state index in [9.17, 15) is 0 Å². The average molecular weight is 278 g/mol. The van der Waals surface area contributed by atoms with Crippen LogP contribution in [0.4, 0.5) is 0 Å². The molecule has 19 heavy (non-hydrogen) atoms. The van der Waals surface area contributed by atoms with Crippen molar-refractivity contribution in [1.29, 1.82) is 0 Å². The number of thiazole rings is 1. The number of rotatable bonds is 7. The van der Waals surface area contributed by atoms with Gasteiger partial charge in [-0.1, -0.05) is 13.8 Å². The lowest BCUT2D eigenvalue weighted by Crippen LogP contribution is -2.25. The van der Waals surface area contributed by atoms with Crippen LogP contribution in [-0.2, 0) is 19.9 Å². The lowest BCUT2D eigenvalue weighted by molar-refractivity contribution is 0.504. The highest BCUT2D eigenvalue weighted by Crippen LogP contribution is 2.19. The number of hydrogen-bond donors (Lipinski definition) is 1. The summed E-state index contributed by atoms with van der Waals surface area (Å²) in [6, 6.07) is 2.48. The molecular weight excluding hydrogens is 256 g/mol. The summed E-state index contributed by atoms with van der Waals surface area (Å²) in [6.07, 6.45) is 3.05. The van der Waals surface area contributed by atoms with Crippen molar-refractivity contribution in [1.82, 2.24) is 20.1 Å². The first-order valence-electron chi connectivity index (χ1n) is 6.87. The Morgan fingerprint density at radius 2 is 2.26 bits per heavy atom. The highest BCUT2D eigenvalue weighted by Gasteiger charge is 2.16. The summed E-state index contributed by atoms with van der Waals surface area (Å²) >= 11 is 1.65. The molecule has 0 spiro atoms. The van der Waals surface area contributed by atoms with E-state index in [-0.39, 0.29) is 6.04 Å². The largest absolute Gasteiger partial charge is 0.308 e. The predicted molar refractivity (Wildman–Crippen MR) is 79.4 cm³/mol. The van der Waals surface area contributed by atoms with Crippen molar-refractivity contribution in [3.8, 4) is 0 Å². The molecule has 0 radical (unpaired) electrons. The quantitative estimate of drug-likeness (QED) is 0.847. The Morgan fingerprint density at radius 3 is 2.84 bits per heavy atom. The smallest absolute Gasteiger partial charge is 0.0795 e. The topological polar surface area (TPSA) is 42.7 Å². The lowest BCUT2D eigenvalue weighted by atomic mass is 10.1. The monoisotopic (exact) mass is 278 g/mol. The fourth-order valence-electron chi connectivity index (χ4n) is 2.14. The van der Waals surface area contributed by atoms with E-state index in [4.69, 9.17) is 0 Å². The second kappa shape index (κ2) is 6.82. The van der Waals surface area contributed by atoms with E-state index >= 15 is 0 Å². The third-order valence-corrected chi connectivity index (χ3v) is 3.86. The van der Waals surface area contributed by atoms with Crippen LogP contribution in [-0.4, -0.2) is 21.3 Å². The van der Waals surface area contributed by atoms with E-state index in [0.29, 0.717) is 0 Å². The van der Waals surface area contributed by atoms with Crippen LogP contribution in [0, 0.1) is 0 Å². The van der Waals surface area contributed by atoms with Crippen molar-refractivity contribution < 1.29 is 0 Å². The standard InChI is InChI=1S/C14H22N4S/c1-4-6-15-13(14-9-19-10-16-14)8-12-7-11(5-2)17-18(12)3/h7,9-10,13,15H,4-6,8H2,1-3H3. The van der Waals surface area contributed by atoms with Crippen molar-refractivity contribution in [2.75, 3.05) is 6.54 Å². The van der Waals surface area contributed by atoms with Crippen molar-refractivity contribution in [2.24, 2.45) is 7.05 Å². The number of nitrogens with zero attached hydrogens (tertiary/aromatic N) is 3. The molecule has 0 aliphatic carbocycles. The van der Waals surface area contributed by atoms with E-state index < -0.39 is 0 Å². The average Bonchev–Trinajstić information content (AvgIpc) is 3.04.